The smallest absolute Gasteiger partial charge is 0.242 e. The van der Waals surface area contributed by atoms with Gasteiger partial charge < -0.3 is 9.47 Å². The Balaban J connectivity index is 1.72. The zero-order valence-electron chi connectivity index (χ0n) is 11.4. The summed E-state index contributed by atoms with van der Waals surface area (Å²) in [7, 11) is 0. The van der Waals surface area contributed by atoms with Gasteiger partial charge in [-0.2, -0.15) is 0 Å². The average molecular weight is 256 g/mol. The largest absolute Gasteiger partial charge is 0.341 e. The van der Waals surface area contributed by atoms with Crippen molar-refractivity contribution >= 4 is 16.8 Å². The van der Waals surface area contributed by atoms with Crippen LogP contribution in [0.25, 0.3) is 10.9 Å². The number of hydrogen-bond donors (Lipinski definition) is 0. The third-order valence-electron chi connectivity index (χ3n) is 4.12. The maximum atomic E-state index is 12.3. The van der Waals surface area contributed by atoms with Crippen LogP contribution in [0, 0.1) is 5.92 Å². The number of fused-ring (bicyclic) bond motifs is 1. The lowest BCUT2D eigenvalue weighted by Crippen LogP contribution is -2.39. The van der Waals surface area contributed by atoms with Gasteiger partial charge in [0.2, 0.25) is 5.91 Å². The molecule has 0 spiro atoms. The second-order valence-electron chi connectivity index (χ2n) is 5.57. The number of rotatable bonds is 2. The summed E-state index contributed by atoms with van der Waals surface area (Å²) in [5, 5.41) is 1.20. The molecule has 0 unspecified atom stereocenters. The van der Waals surface area contributed by atoms with E-state index in [1.165, 1.54) is 5.39 Å². The van der Waals surface area contributed by atoms with E-state index < -0.39 is 0 Å². The monoisotopic (exact) mass is 256 g/mol. The highest BCUT2D eigenvalue weighted by Gasteiger charge is 2.20. The maximum Gasteiger partial charge on any atom is 0.242 e. The molecule has 1 aliphatic heterocycles. The maximum absolute atomic E-state index is 12.3. The Bertz CT molecular complexity index is 579. The Kier molecular flexibility index (Phi) is 3.28. The third-order valence-corrected chi connectivity index (χ3v) is 4.12. The quantitative estimate of drug-likeness (QED) is 0.811. The van der Waals surface area contributed by atoms with E-state index in [2.05, 4.69) is 29.7 Å². The molecular weight excluding hydrogens is 236 g/mol. The van der Waals surface area contributed by atoms with Crippen LogP contribution in [0.15, 0.2) is 36.5 Å². The van der Waals surface area contributed by atoms with E-state index in [4.69, 9.17) is 0 Å². The van der Waals surface area contributed by atoms with Crippen LogP contribution in [0.5, 0.6) is 0 Å². The summed E-state index contributed by atoms with van der Waals surface area (Å²) in [6.45, 7) is 4.56. The first-order valence-corrected chi connectivity index (χ1v) is 7.05. The van der Waals surface area contributed by atoms with Gasteiger partial charge in [0.15, 0.2) is 0 Å². The normalized spacial score (nSPS) is 17.0. The Hall–Kier alpha value is -1.77. The Labute approximate surface area is 113 Å². The van der Waals surface area contributed by atoms with Crippen molar-refractivity contribution in [2.75, 3.05) is 13.1 Å². The van der Waals surface area contributed by atoms with E-state index in [1.807, 2.05) is 23.2 Å². The number of likely N-dealkylation sites (tertiary alicyclic amines) is 1. The average Bonchev–Trinajstić information content (AvgIpc) is 2.83. The van der Waals surface area contributed by atoms with Gasteiger partial charge >= 0.3 is 0 Å². The molecule has 1 saturated heterocycles. The van der Waals surface area contributed by atoms with Crippen LogP contribution in [0.2, 0.25) is 0 Å². The lowest BCUT2D eigenvalue weighted by Gasteiger charge is -2.30. The molecule has 3 nitrogen and oxygen atoms in total. The molecular formula is C16H20N2O. The van der Waals surface area contributed by atoms with E-state index >= 15 is 0 Å². The van der Waals surface area contributed by atoms with Crippen molar-refractivity contribution in [2.45, 2.75) is 26.3 Å². The number of carbonyl (C=O) groups excluding carboxylic acids is 1. The summed E-state index contributed by atoms with van der Waals surface area (Å²) in [5.41, 5.74) is 1.14. The van der Waals surface area contributed by atoms with Crippen molar-refractivity contribution in [3.05, 3.63) is 36.5 Å². The summed E-state index contributed by atoms with van der Waals surface area (Å²) < 4.78 is 2.05. The molecule has 2 heterocycles. The number of nitrogens with zero attached hydrogens (tertiary/aromatic N) is 2. The first kappa shape index (κ1) is 12.3. The highest BCUT2D eigenvalue weighted by atomic mass is 16.2. The van der Waals surface area contributed by atoms with E-state index in [0.29, 0.717) is 6.54 Å². The minimum Gasteiger partial charge on any atom is -0.341 e. The topological polar surface area (TPSA) is 25.2 Å². The molecule has 3 rings (SSSR count). The molecule has 1 aromatic heterocycles. The van der Waals surface area contributed by atoms with Crippen molar-refractivity contribution in [3.63, 3.8) is 0 Å². The lowest BCUT2D eigenvalue weighted by molar-refractivity contribution is -0.133. The molecule has 100 valence electrons. The van der Waals surface area contributed by atoms with E-state index in [9.17, 15) is 4.79 Å². The molecule has 0 saturated carbocycles. The fourth-order valence-electron chi connectivity index (χ4n) is 2.78. The molecule has 0 aliphatic carbocycles. The van der Waals surface area contributed by atoms with E-state index in [0.717, 1.165) is 37.4 Å². The number of amides is 1. The molecule has 19 heavy (non-hydrogen) atoms. The van der Waals surface area contributed by atoms with Gasteiger partial charge in [-0.25, -0.2) is 0 Å². The van der Waals surface area contributed by atoms with Gasteiger partial charge in [-0.15, -0.1) is 0 Å². The summed E-state index contributed by atoms with van der Waals surface area (Å²) >= 11 is 0. The second-order valence-corrected chi connectivity index (χ2v) is 5.57. The highest BCUT2D eigenvalue weighted by molar-refractivity contribution is 5.83. The third kappa shape index (κ3) is 2.50. The summed E-state index contributed by atoms with van der Waals surface area (Å²) in [5.74, 6) is 1.00. The number of benzene rings is 1. The number of hydrogen-bond acceptors (Lipinski definition) is 1. The van der Waals surface area contributed by atoms with Crippen LogP contribution in [0.1, 0.15) is 19.8 Å². The molecule has 3 heteroatoms. The minimum absolute atomic E-state index is 0.244. The van der Waals surface area contributed by atoms with Gasteiger partial charge in [-0.3, -0.25) is 4.79 Å². The predicted octanol–water partition coefficient (Wildman–Crippen LogP) is 2.90. The Morgan fingerprint density at radius 3 is 2.74 bits per heavy atom. The molecule has 1 fully saturated rings. The second kappa shape index (κ2) is 5.08. The first-order chi connectivity index (χ1) is 9.24. The molecule has 0 atom stereocenters. The van der Waals surface area contributed by atoms with Gasteiger partial charge in [0.1, 0.15) is 6.54 Å². The fourth-order valence-corrected chi connectivity index (χ4v) is 2.78. The van der Waals surface area contributed by atoms with Gasteiger partial charge in [-0.1, -0.05) is 25.1 Å². The minimum atomic E-state index is 0.244. The van der Waals surface area contributed by atoms with E-state index in [-0.39, 0.29) is 5.91 Å². The molecule has 1 aromatic carbocycles. The molecule has 0 N–H and O–H groups in total. The van der Waals surface area contributed by atoms with Crippen molar-refractivity contribution in [2.24, 2.45) is 5.92 Å². The first-order valence-electron chi connectivity index (χ1n) is 7.05. The molecule has 0 radical (unpaired) electrons. The number of para-hydroxylation sites is 1. The molecule has 2 aromatic rings. The van der Waals surface area contributed by atoms with Crippen molar-refractivity contribution < 1.29 is 4.79 Å². The summed E-state index contributed by atoms with van der Waals surface area (Å²) in [4.78, 5) is 14.3. The number of carbonyl (C=O) groups is 1. The van der Waals surface area contributed by atoms with Gasteiger partial charge in [0, 0.05) is 24.8 Å². The standard InChI is InChI=1S/C16H20N2O/c1-13-6-9-17(10-7-13)16(19)12-18-11-8-14-4-2-3-5-15(14)18/h2-5,8,11,13H,6-7,9-10,12H2,1H3. The van der Waals surface area contributed by atoms with E-state index in [1.54, 1.807) is 0 Å². The molecule has 0 bridgehead atoms. The van der Waals surface area contributed by atoms with Crippen LogP contribution in [-0.2, 0) is 11.3 Å². The zero-order chi connectivity index (χ0) is 13.2. The van der Waals surface area contributed by atoms with Crippen LogP contribution in [0.4, 0.5) is 0 Å². The van der Waals surface area contributed by atoms with Gasteiger partial charge in [0.05, 0.1) is 0 Å². The lowest BCUT2D eigenvalue weighted by atomic mass is 9.99. The predicted molar refractivity (Wildman–Crippen MR) is 76.9 cm³/mol. The van der Waals surface area contributed by atoms with Gasteiger partial charge in [0.25, 0.3) is 0 Å². The molecule has 1 aliphatic rings. The fraction of sp³-hybridized carbons (Fsp3) is 0.438. The number of aromatic nitrogens is 1. The number of piperidine rings is 1. The van der Waals surface area contributed by atoms with Crippen LogP contribution >= 0.6 is 0 Å². The van der Waals surface area contributed by atoms with Gasteiger partial charge in [-0.05, 0) is 36.3 Å². The van der Waals surface area contributed by atoms with Crippen LogP contribution < -0.4 is 0 Å². The van der Waals surface area contributed by atoms with Crippen LogP contribution in [-0.4, -0.2) is 28.5 Å². The molecule has 1 amide bonds. The SMILES string of the molecule is CC1CCN(C(=O)Cn2ccc3ccccc32)CC1. The summed E-state index contributed by atoms with van der Waals surface area (Å²) in [6, 6.07) is 10.3. The van der Waals surface area contributed by atoms with Crippen molar-refractivity contribution in [1.29, 1.82) is 0 Å². The Morgan fingerprint density at radius 2 is 1.95 bits per heavy atom. The van der Waals surface area contributed by atoms with Crippen molar-refractivity contribution in [3.8, 4) is 0 Å². The summed E-state index contributed by atoms with van der Waals surface area (Å²) in [6.07, 6.45) is 4.28. The Morgan fingerprint density at radius 1 is 1.21 bits per heavy atom. The van der Waals surface area contributed by atoms with Crippen LogP contribution in [0.3, 0.4) is 0 Å². The highest BCUT2D eigenvalue weighted by Crippen LogP contribution is 2.18. The van der Waals surface area contributed by atoms with Crippen molar-refractivity contribution in [1.82, 2.24) is 9.47 Å². The zero-order valence-corrected chi connectivity index (χ0v) is 11.4.